The van der Waals surface area contributed by atoms with E-state index in [2.05, 4.69) is 5.32 Å². The zero-order valence-electron chi connectivity index (χ0n) is 20.2. The summed E-state index contributed by atoms with van der Waals surface area (Å²) in [6, 6.07) is 15.4. The molecule has 3 amide bonds. The molecule has 0 aliphatic heterocycles. The SMILES string of the molecule is CCC(C)N(CC(=O)N(Cc1ccc(F)cc1)Cc1cccs1)C(=O)Nc1ccc(C)c(C)c1. The van der Waals surface area contributed by atoms with Crippen molar-refractivity contribution >= 4 is 29.0 Å². The summed E-state index contributed by atoms with van der Waals surface area (Å²) in [4.78, 5) is 31.0. The lowest BCUT2D eigenvalue weighted by atomic mass is 10.1. The fourth-order valence-corrected chi connectivity index (χ4v) is 4.26. The maximum Gasteiger partial charge on any atom is 0.322 e. The van der Waals surface area contributed by atoms with Crippen molar-refractivity contribution in [3.63, 3.8) is 0 Å². The molecule has 0 saturated carbocycles. The molecule has 34 heavy (non-hydrogen) atoms. The molecule has 1 aromatic heterocycles. The average Bonchev–Trinajstić information content (AvgIpc) is 3.33. The second-order valence-corrected chi connectivity index (χ2v) is 9.60. The number of halogens is 1. The van der Waals surface area contributed by atoms with E-state index in [1.165, 1.54) is 12.1 Å². The highest BCUT2D eigenvalue weighted by Crippen LogP contribution is 2.18. The largest absolute Gasteiger partial charge is 0.332 e. The molecule has 2 aromatic carbocycles. The van der Waals surface area contributed by atoms with Crippen LogP contribution in [0.15, 0.2) is 60.0 Å². The predicted octanol–water partition coefficient (Wildman–Crippen LogP) is 6.37. The van der Waals surface area contributed by atoms with E-state index in [0.717, 1.165) is 28.0 Å². The molecule has 1 atom stereocenters. The van der Waals surface area contributed by atoms with E-state index in [9.17, 15) is 14.0 Å². The van der Waals surface area contributed by atoms with Gasteiger partial charge in [-0.25, -0.2) is 9.18 Å². The summed E-state index contributed by atoms with van der Waals surface area (Å²) in [6.07, 6.45) is 0.719. The van der Waals surface area contributed by atoms with Crippen LogP contribution >= 0.6 is 11.3 Å². The van der Waals surface area contributed by atoms with E-state index in [0.29, 0.717) is 18.8 Å². The molecular weight excluding hydrogens is 449 g/mol. The molecule has 0 saturated heterocycles. The number of nitrogens with one attached hydrogen (secondary N) is 1. The van der Waals surface area contributed by atoms with Gasteiger partial charge in [-0.3, -0.25) is 4.79 Å². The Labute approximate surface area is 205 Å². The van der Waals surface area contributed by atoms with Gasteiger partial charge in [0.1, 0.15) is 12.4 Å². The normalized spacial score (nSPS) is 11.7. The Morgan fingerprint density at radius 1 is 1.03 bits per heavy atom. The smallest absolute Gasteiger partial charge is 0.322 e. The number of rotatable bonds is 9. The van der Waals surface area contributed by atoms with Gasteiger partial charge in [-0.1, -0.05) is 31.2 Å². The Morgan fingerprint density at radius 3 is 2.38 bits per heavy atom. The Bertz CT molecular complexity index is 1100. The Morgan fingerprint density at radius 2 is 1.76 bits per heavy atom. The third-order valence-electron chi connectivity index (χ3n) is 6.01. The summed E-state index contributed by atoms with van der Waals surface area (Å²) < 4.78 is 13.4. The summed E-state index contributed by atoms with van der Waals surface area (Å²) >= 11 is 1.58. The first-order valence-electron chi connectivity index (χ1n) is 11.5. The van der Waals surface area contributed by atoms with E-state index < -0.39 is 0 Å². The summed E-state index contributed by atoms with van der Waals surface area (Å²) in [7, 11) is 0. The number of hydrogen-bond acceptors (Lipinski definition) is 3. The van der Waals surface area contributed by atoms with Gasteiger partial charge in [0.2, 0.25) is 5.91 Å². The number of hydrogen-bond donors (Lipinski definition) is 1. The van der Waals surface area contributed by atoms with Gasteiger partial charge >= 0.3 is 6.03 Å². The highest BCUT2D eigenvalue weighted by Gasteiger charge is 2.25. The number of anilines is 1. The van der Waals surface area contributed by atoms with Crippen LogP contribution < -0.4 is 5.32 Å². The molecule has 0 aliphatic carbocycles. The highest BCUT2D eigenvalue weighted by atomic mass is 32.1. The lowest BCUT2D eigenvalue weighted by Crippen LogP contribution is -2.47. The lowest BCUT2D eigenvalue weighted by molar-refractivity contribution is -0.133. The van der Waals surface area contributed by atoms with Gasteiger partial charge in [0, 0.05) is 23.2 Å². The van der Waals surface area contributed by atoms with Crippen molar-refractivity contribution in [3.8, 4) is 0 Å². The molecule has 0 spiro atoms. The first-order valence-corrected chi connectivity index (χ1v) is 12.3. The van der Waals surface area contributed by atoms with Crippen molar-refractivity contribution in [1.82, 2.24) is 9.80 Å². The molecule has 3 rings (SSSR count). The van der Waals surface area contributed by atoms with Crippen molar-refractivity contribution in [3.05, 3.63) is 87.4 Å². The van der Waals surface area contributed by atoms with E-state index in [-0.39, 0.29) is 30.3 Å². The van der Waals surface area contributed by atoms with Gasteiger partial charge in [0.25, 0.3) is 0 Å². The van der Waals surface area contributed by atoms with Crippen molar-refractivity contribution < 1.29 is 14.0 Å². The van der Waals surface area contributed by atoms with Crippen molar-refractivity contribution in [2.24, 2.45) is 0 Å². The predicted molar refractivity (Wildman–Crippen MR) is 136 cm³/mol. The molecule has 1 unspecified atom stereocenters. The van der Waals surface area contributed by atoms with E-state index >= 15 is 0 Å². The number of amides is 3. The molecule has 1 heterocycles. The number of aryl methyl sites for hydroxylation is 2. The van der Waals surface area contributed by atoms with Crippen LogP contribution in [-0.4, -0.2) is 34.3 Å². The third kappa shape index (κ3) is 6.90. The minimum Gasteiger partial charge on any atom is -0.332 e. The van der Waals surface area contributed by atoms with Gasteiger partial charge in [-0.05, 0) is 79.6 Å². The second kappa shape index (κ2) is 11.8. The zero-order chi connectivity index (χ0) is 24.7. The van der Waals surface area contributed by atoms with Crippen LogP contribution in [0.4, 0.5) is 14.9 Å². The second-order valence-electron chi connectivity index (χ2n) is 8.57. The van der Waals surface area contributed by atoms with E-state index in [4.69, 9.17) is 0 Å². The van der Waals surface area contributed by atoms with Crippen LogP contribution in [0.1, 0.15) is 41.8 Å². The van der Waals surface area contributed by atoms with Gasteiger partial charge in [-0.2, -0.15) is 0 Å². The number of benzene rings is 2. The molecule has 1 N–H and O–H groups in total. The minimum atomic E-state index is -0.314. The average molecular weight is 482 g/mol. The molecule has 0 fully saturated rings. The fraction of sp³-hybridized carbons (Fsp3) is 0.333. The monoisotopic (exact) mass is 481 g/mol. The first-order chi connectivity index (χ1) is 16.3. The molecule has 0 aliphatic rings. The summed E-state index contributed by atoms with van der Waals surface area (Å²) in [6.45, 7) is 8.68. The van der Waals surface area contributed by atoms with Crippen LogP contribution in [0.2, 0.25) is 0 Å². The van der Waals surface area contributed by atoms with Gasteiger partial charge < -0.3 is 15.1 Å². The van der Waals surface area contributed by atoms with E-state index in [1.54, 1.807) is 33.3 Å². The summed E-state index contributed by atoms with van der Waals surface area (Å²) in [5.41, 5.74) is 3.78. The Kier molecular flexibility index (Phi) is 8.82. The topological polar surface area (TPSA) is 52.7 Å². The van der Waals surface area contributed by atoms with Gasteiger partial charge in [-0.15, -0.1) is 11.3 Å². The van der Waals surface area contributed by atoms with Crippen molar-refractivity contribution in [2.75, 3.05) is 11.9 Å². The van der Waals surface area contributed by atoms with E-state index in [1.807, 2.05) is 63.4 Å². The summed E-state index contributed by atoms with van der Waals surface area (Å²) in [5, 5.41) is 4.92. The van der Waals surface area contributed by atoms with Gasteiger partial charge in [0.05, 0.1) is 6.54 Å². The minimum absolute atomic E-state index is 0.0434. The quantitative estimate of drug-likeness (QED) is 0.386. The number of nitrogens with zero attached hydrogens (tertiary/aromatic N) is 2. The molecule has 0 bridgehead atoms. The molecular formula is C27H32FN3O2S. The highest BCUT2D eigenvalue weighted by molar-refractivity contribution is 7.09. The van der Waals surface area contributed by atoms with Crippen LogP contribution in [0.5, 0.6) is 0 Å². The lowest BCUT2D eigenvalue weighted by Gasteiger charge is -2.31. The van der Waals surface area contributed by atoms with Crippen molar-refractivity contribution in [2.45, 2.75) is 53.2 Å². The number of carbonyl (C=O) groups excluding carboxylic acids is 2. The number of urea groups is 1. The molecule has 180 valence electrons. The maximum atomic E-state index is 13.5. The molecule has 7 heteroatoms. The standard InChI is InChI=1S/C27H32FN3O2S/c1-5-21(4)31(27(33)29-24-13-8-19(2)20(3)15-24)18-26(32)30(17-25-7-6-14-34-25)16-22-9-11-23(28)12-10-22/h6-15,21H,5,16-18H2,1-4H3,(H,29,33). The Hall–Kier alpha value is -3.19. The third-order valence-corrected chi connectivity index (χ3v) is 6.87. The number of thiophene rings is 1. The molecule has 5 nitrogen and oxygen atoms in total. The van der Waals surface area contributed by atoms with Crippen LogP contribution in [0.3, 0.4) is 0 Å². The Balaban J connectivity index is 1.78. The maximum absolute atomic E-state index is 13.5. The van der Waals surface area contributed by atoms with Gasteiger partial charge in [0.15, 0.2) is 0 Å². The summed E-state index contributed by atoms with van der Waals surface area (Å²) in [5.74, 6) is -0.473. The van der Waals surface area contributed by atoms with Crippen molar-refractivity contribution in [1.29, 1.82) is 0 Å². The first kappa shape index (κ1) is 25.4. The fourth-order valence-electron chi connectivity index (χ4n) is 3.54. The van der Waals surface area contributed by atoms with Crippen LogP contribution in [0, 0.1) is 19.7 Å². The molecule has 3 aromatic rings. The zero-order valence-corrected chi connectivity index (χ0v) is 21.0. The van der Waals surface area contributed by atoms with Crippen LogP contribution in [-0.2, 0) is 17.9 Å². The number of carbonyl (C=O) groups is 2. The van der Waals surface area contributed by atoms with Crippen LogP contribution in [0.25, 0.3) is 0 Å². The molecule has 0 radical (unpaired) electrons.